The second-order valence-corrected chi connectivity index (χ2v) is 2.30. The van der Waals surface area contributed by atoms with Gasteiger partial charge in [-0.25, -0.2) is 4.39 Å². The molecule has 0 aliphatic carbocycles. The first kappa shape index (κ1) is 8.59. The van der Waals surface area contributed by atoms with Crippen molar-refractivity contribution in [3.05, 3.63) is 35.4 Å². The molecular formula is C9H8FNO. The van der Waals surface area contributed by atoms with Crippen molar-refractivity contribution in [1.82, 2.24) is 4.98 Å². The number of pyridine rings is 1. The Bertz CT molecular complexity index is 320. The Kier molecular flexibility index (Phi) is 2.69. The van der Waals surface area contributed by atoms with E-state index in [0.717, 1.165) is 0 Å². The molecule has 0 atom stereocenters. The third-order valence-electron chi connectivity index (χ3n) is 1.39. The Balaban J connectivity index is 2.96. The van der Waals surface area contributed by atoms with Gasteiger partial charge in [0.15, 0.2) is 0 Å². The highest BCUT2D eigenvalue weighted by Gasteiger charge is 1.96. The van der Waals surface area contributed by atoms with E-state index in [2.05, 4.69) is 4.98 Å². The molecule has 1 aromatic heterocycles. The molecule has 2 nitrogen and oxygen atoms in total. The van der Waals surface area contributed by atoms with Gasteiger partial charge in [-0.05, 0) is 31.2 Å². The smallest absolute Gasteiger partial charge is 0.144 e. The van der Waals surface area contributed by atoms with Gasteiger partial charge in [0.05, 0.1) is 11.4 Å². The molecule has 0 fully saturated rings. The predicted octanol–water partition coefficient (Wildman–Crippen LogP) is 1.74. The number of aromatic nitrogens is 1. The topological polar surface area (TPSA) is 30.0 Å². The van der Waals surface area contributed by atoms with Gasteiger partial charge in [0, 0.05) is 0 Å². The van der Waals surface area contributed by atoms with E-state index < -0.39 is 0 Å². The minimum Gasteiger partial charge on any atom is -0.299 e. The molecule has 3 heteroatoms. The van der Waals surface area contributed by atoms with Crippen LogP contribution in [0.5, 0.6) is 0 Å². The summed E-state index contributed by atoms with van der Waals surface area (Å²) in [5, 5.41) is 0. The zero-order valence-electron chi connectivity index (χ0n) is 6.62. The van der Waals surface area contributed by atoms with Gasteiger partial charge < -0.3 is 0 Å². The summed E-state index contributed by atoms with van der Waals surface area (Å²) in [4.78, 5) is 13.8. The molecule has 1 rings (SSSR count). The molecule has 0 saturated carbocycles. The standard InChI is InChI=1S/C9H8FNO/c1-7-9(10)5-4-8(11-7)3-2-6-12/h2-6H,1H3. The zero-order chi connectivity index (χ0) is 8.97. The normalized spacial score (nSPS) is 10.5. The zero-order valence-corrected chi connectivity index (χ0v) is 6.62. The third kappa shape index (κ3) is 1.99. The van der Waals surface area contributed by atoms with E-state index in [9.17, 15) is 9.18 Å². The summed E-state index contributed by atoms with van der Waals surface area (Å²) in [5.74, 6) is -0.335. The van der Waals surface area contributed by atoms with Crippen molar-refractivity contribution < 1.29 is 9.18 Å². The van der Waals surface area contributed by atoms with E-state index in [4.69, 9.17) is 0 Å². The first-order valence-electron chi connectivity index (χ1n) is 3.49. The molecular weight excluding hydrogens is 157 g/mol. The maximum absolute atomic E-state index is 12.7. The number of hydrogen-bond donors (Lipinski definition) is 0. The molecule has 0 spiro atoms. The first-order chi connectivity index (χ1) is 5.74. The predicted molar refractivity (Wildman–Crippen MR) is 44.0 cm³/mol. The Labute approximate surface area is 69.7 Å². The van der Waals surface area contributed by atoms with Crippen LogP contribution in [0.2, 0.25) is 0 Å². The van der Waals surface area contributed by atoms with Crippen LogP contribution in [-0.2, 0) is 4.79 Å². The molecule has 62 valence electrons. The van der Waals surface area contributed by atoms with E-state index in [1.807, 2.05) is 0 Å². The van der Waals surface area contributed by atoms with Gasteiger partial charge in [-0.15, -0.1) is 0 Å². The van der Waals surface area contributed by atoms with Crippen molar-refractivity contribution in [2.45, 2.75) is 6.92 Å². The van der Waals surface area contributed by atoms with Crippen LogP contribution in [0.1, 0.15) is 11.4 Å². The van der Waals surface area contributed by atoms with E-state index in [0.29, 0.717) is 17.7 Å². The Morgan fingerprint density at radius 1 is 1.50 bits per heavy atom. The fourth-order valence-corrected chi connectivity index (χ4v) is 0.794. The Hall–Kier alpha value is -1.51. The van der Waals surface area contributed by atoms with Crippen LogP contribution in [0.25, 0.3) is 6.08 Å². The summed E-state index contributed by atoms with van der Waals surface area (Å²) < 4.78 is 12.7. The quantitative estimate of drug-likeness (QED) is 0.493. The summed E-state index contributed by atoms with van der Waals surface area (Å²) in [6.45, 7) is 1.58. The van der Waals surface area contributed by atoms with Gasteiger partial charge in [0.25, 0.3) is 0 Å². The van der Waals surface area contributed by atoms with Crippen molar-refractivity contribution in [3.8, 4) is 0 Å². The molecule has 0 aliphatic heterocycles. The number of carbonyl (C=O) groups excluding carboxylic acids is 1. The van der Waals surface area contributed by atoms with E-state index in [-0.39, 0.29) is 5.82 Å². The maximum atomic E-state index is 12.7. The van der Waals surface area contributed by atoms with Gasteiger partial charge in [-0.2, -0.15) is 0 Å². The van der Waals surface area contributed by atoms with Crippen LogP contribution in [-0.4, -0.2) is 11.3 Å². The Morgan fingerprint density at radius 2 is 2.25 bits per heavy atom. The third-order valence-corrected chi connectivity index (χ3v) is 1.39. The van der Waals surface area contributed by atoms with Gasteiger partial charge in [0.1, 0.15) is 12.1 Å². The molecule has 0 saturated heterocycles. The lowest BCUT2D eigenvalue weighted by Gasteiger charge is -1.95. The number of aldehydes is 1. The average Bonchev–Trinajstić information content (AvgIpc) is 2.07. The number of aryl methyl sites for hydroxylation is 1. The molecule has 12 heavy (non-hydrogen) atoms. The van der Waals surface area contributed by atoms with Crippen molar-refractivity contribution in [1.29, 1.82) is 0 Å². The lowest BCUT2D eigenvalue weighted by molar-refractivity contribution is -0.104. The van der Waals surface area contributed by atoms with Crippen LogP contribution in [0.3, 0.4) is 0 Å². The fourth-order valence-electron chi connectivity index (χ4n) is 0.794. The van der Waals surface area contributed by atoms with Gasteiger partial charge in [0.2, 0.25) is 0 Å². The van der Waals surface area contributed by atoms with Crippen LogP contribution in [0.4, 0.5) is 4.39 Å². The molecule has 0 radical (unpaired) electrons. The molecule has 0 bridgehead atoms. The van der Waals surface area contributed by atoms with Gasteiger partial charge >= 0.3 is 0 Å². The average molecular weight is 165 g/mol. The minimum absolute atomic E-state index is 0.335. The molecule has 1 heterocycles. The highest BCUT2D eigenvalue weighted by atomic mass is 19.1. The Morgan fingerprint density at radius 3 is 2.83 bits per heavy atom. The fraction of sp³-hybridized carbons (Fsp3) is 0.111. The number of hydrogen-bond acceptors (Lipinski definition) is 2. The van der Waals surface area contributed by atoms with Gasteiger partial charge in [-0.1, -0.05) is 0 Å². The molecule has 1 aromatic rings. The van der Waals surface area contributed by atoms with Crippen LogP contribution in [0, 0.1) is 12.7 Å². The highest BCUT2D eigenvalue weighted by molar-refractivity contribution is 5.72. The second-order valence-electron chi connectivity index (χ2n) is 2.30. The summed E-state index contributed by atoms with van der Waals surface area (Å²) in [6, 6.07) is 2.84. The van der Waals surface area contributed by atoms with Crippen LogP contribution in [0.15, 0.2) is 18.2 Å². The summed E-state index contributed by atoms with van der Waals surface area (Å²) in [6.07, 6.45) is 3.50. The second kappa shape index (κ2) is 3.76. The molecule has 0 N–H and O–H groups in total. The number of halogens is 1. The van der Waals surface area contributed by atoms with E-state index in [1.165, 1.54) is 24.3 Å². The maximum Gasteiger partial charge on any atom is 0.144 e. The molecule has 0 aliphatic rings. The number of rotatable bonds is 2. The SMILES string of the molecule is Cc1nc(C=CC=O)ccc1F. The highest BCUT2D eigenvalue weighted by Crippen LogP contribution is 2.05. The van der Waals surface area contributed by atoms with E-state index in [1.54, 1.807) is 6.92 Å². The first-order valence-corrected chi connectivity index (χ1v) is 3.49. The minimum atomic E-state index is -0.335. The summed E-state index contributed by atoms with van der Waals surface area (Å²) in [7, 11) is 0. The van der Waals surface area contributed by atoms with Crippen LogP contribution < -0.4 is 0 Å². The number of nitrogens with zero attached hydrogens (tertiary/aromatic N) is 1. The number of allylic oxidation sites excluding steroid dienone is 1. The molecule has 0 unspecified atom stereocenters. The summed E-state index contributed by atoms with van der Waals surface area (Å²) in [5.41, 5.74) is 0.920. The van der Waals surface area contributed by atoms with Crippen molar-refractivity contribution in [3.63, 3.8) is 0 Å². The lowest BCUT2D eigenvalue weighted by atomic mass is 10.3. The van der Waals surface area contributed by atoms with Gasteiger partial charge in [-0.3, -0.25) is 9.78 Å². The van der Waals surface area contributed by atoms with Crippen molar-refractivity contribution in [2.24, 2.45) is 0 Å². The summed E-state index contributed by atoms with van der Waals surface area (Å²) >= 11 is 0. The number of carbonyl (C=O) groups is 1. The molecule has 0 amide bonds. The van der Waals surface area contributed by atoms with E-state index >= 15 is 0 Å². The van der Waals surface area contributed by atoms with Crippen molar-refractivity contribution >= 4 is 12.4 Å². The van der Waals surface area contributed by atoms with Crippen LogP contribution >= 0.6 is 0 Å². The molecule has 0 aromatic carbocycles. The monoisotopic (exact) mass is 165 g/mol. The largest absolute Gasteiger partial charge is 0.299 e. The van der Waals surface area contributed by atoms with Crippen molar-refractivity contribution in [2.75, 3.05) is 0 Å². The lowest BCUT2D eigenvalue weighted by Crippen LogP contribution is -1.89.